The quantitative estimate of drug-likeness (QED) is 0.620. The third-order valence-corrected chi connectivity index (χ3v) is 4.28. The van der Waals surface area contributed by atoms with E-state index >= 15 is 0 Å². The Kier molecular flexibility index (Phi) is 5.06. The van der Waals surface area contributed by atoms with Crippen LogP contribution in [0.25, 0.3) is 5.69 Å². The van der Waals surface area contributed by atoms with E-state index in [0.717, 1.165) is 5.56 Å². The van der Waals surface area contributed by atoms with E-state index in [0.29, 0.717) is 17.2 Å². The number of rotatable bonds is 6. The smallest absolute Gasteiger partial charge is 0.341 e. The van der Waals surface area contributed by atoms with Crippen LogP contribution in [0.3, 0.4) is 0 Å². The fourth-order valence-corrected chi connectivity index (χ4v) is 2.78. The second kappa shape index (κ2) is 7.97. The van der Waals surface area contributed by atoms with Crippen molar-refractivity contribution in [1.29, 1.82) is 0 Å². The number of carbonyl (C=O) groups is 2. The number of tetrazole rings is 1. The Labute approximate surface area is 165 Å². The lowest BCUT2D eigenvalue weighted by Gasteiger charge is -2.15. The van der Waals surface area contributed by atoms with Crippen molar-refractivity contribution >= 4 is 11.9 Å². The van der Waals surface area contributed by atoms with Crippen LogP contribution in [0.2, 0.25) is 0 Å². The highest BCUT2D eigenvalue weighted by Crippen LogP contribution is 2.32. The number of esters is 1. The standard InChI is InChI=1S/C19H17N5O5/c1-12(18(25)20-9-13-6-7-16-17(8-13)28-11-27-16)29-19(26)14-4-2-3-5-15(14)24-10-21-22-23-24/h2-8,10,12H,9,11H2,1H3,(H,20,25)/t12-/m1/s1. The molecule has 1 N–H and O–H groups in total. The van der Waals surface area contributed by atoms with Gasteiger partial charge < -0.3 is 19.5 Å². The highest BCUT2D eigenvalue weighted by Gasteiger charge is 2.22. The Morgan fingerprint density at radius 1 is 1.21 bits per heavy atom. The highest BCUT2D eigenvalue weighted by atomic mass is 16.7. The molecule has 1 aliphatic rings. The second-order valence-electron chi connectivity index (χ2n) is 6.22. The van der Waals surface area contributed by atoms with Crippen molar-refractivity contribution in [2.75, 3.05) is 6.79 Å². The van der Waals surface area contributed by atoms with Crippen LogP contribution in [0.5, 0.6) is 11.5 Å². The molecule has 4 rings (SSSR count). The van der Waals surface area contributed by atoms with Crippen molar-refractivity contribution in [3.05, 3.63) is 59.9 Å². The number of hydrogen-bond donors (Lipinski definition) is 1. The number of hydrogen-bond acceptors (Lipinski definition) is 8. The van der Waals surface area contributed by atoms with Crippen LogP contribution in [-0.4, -0.2) is 45.0 Å². The lowest BCUT2D eigenvalue weighted by atomic mass is 10.2. The van der Waals surface area contributed by atoms with Gasteiger partial charge in [-0.05, 0) is 47.2 Å². The SMILES string of the molecule is C[C@@H](OC(=O)c1ccccc1-n1cnnn1)C(=O)NCc1ccc2c(c1)OCO2. The molecule has 0 radical (unpaired) electrons. The molecular formula is C19H17N5O5. The number of aromatic nitrogens is 4. The van der Waals surface area contributed by atoms with Crippen molar-refractivity contribution in [3.8, 4) is 17.2 Å². The van der Waals surface area contributed by atoms with Crippen LogP contribution in [0.1, 0.15) is 22.8 Å². The molecule has 1 aromatic heterocycles. The maximum absolute atomic E-state index is 12.6. The van der Waals surface area contributed by atoms with E-state index < -0.39 is 18.0 Å². The summed E-state index contributed by atoms with van der Waals surface area (Å²) in [6.45, 7) is 1.95. The van der Waals surface area contributed by atoms with Crippen LogP contribution < -0.4 is 14.8 Å². The van der Waals surface area contributed by atoms with Crippen molar-refractivity contribution in [3.63, 3.8) is 0 Å². The molecule has 1 aliphatic heterocycles. The summed E-state index contributed by atoms with van der Waals surface area (Å²) in [4.78, 5) is 24.9. The fourth-order valence-electron chi connectivity index (χ4n) is 2.78. The predicted molar refractivity (Wildman–Crippen MR) is 98.4 cm³/mol. The van der Waals surface area contributed by atoms with Gasteiger partial charge in [-0.1, -0.05) is 18.2 Å². The summed E-state index contributed by atoms with van der Waals surface area (Å²) in [7, 11) is 0. The highest BCUT2D eigenvalue weighted by molar-refractivity contribution is 5.95. The summed E-state index contributed by atoms with van der Waals surface area (Å²) in [5, 5.41) is 13.6. The van der Waals surface area contributed by atoms with Crippen LogP contribution in [0, 0.1) is 0 Å². The molecule has 1 atom stereocenters. The Hall–Kier alpha value is -3.95. The second-order valence-corrected chi connectivity index (χ2v) is 6.22. The lowest BCUT2D eigenvalue weighted by Crippen LogP contribution is -2.35. The average Bonchev–Trinajstić information content (AvgIpc) is 3.43. The summed E-state index contributed by atoms with van der Waals surface area (Å²) in [5.41, 5.74) is 1.54. The minimum atomic E-state index is -0.988. The van der Waals surface area contributed by atoms with Crippen molar-refractivity contribution in [2.45, 2.75) is 19.6 Å². The molecule has 0 aliphatic carbocycles. The topological polar surface area (TPSA) is 117 Å². The largest absolute Gasteiger partial charge is 0.454 e. The molecule has 29 heavy (non-hydrogen) atoms. The van der Waals surface area contributed by atoms with Gasteiger partial charge >= 0.3 is 5.97 Å². The number of nitrogens with zero attached hydrogens (tertiary/aromatic N) is 4. The molecule has 0 saturated carbocycles. The molecule has 3 aromatic rings. The monoisotopic (exact) mass is 395 g/mol. The number of para-hydroxylation sites is 1. The molecule has 148 valence electrons. The number of fused-ring (bicyclic) bond motifs is 1. The first-order chi connectivity index (χ1) is 14.1. The van der Waals surface area contributed by atoms with E-state index in [9.17, 15) is 9.59 Å². The molecule has 0 spiro atoms. The van der Waals surface area contributed by atoms with Gasteiger partial charge in [-0.2, -0.15) is 4.68 Å². The van der Waals surface area contributed by atoms with E-state index in [2.05, 4.69) is 20.8 Å². The fraction of sp³-hybridized carbons (Fsp3) is 0.211. The van der Waals surface area contributed by atoms with Gasteiger partial charge in [0.1, 0.15) is 6.33 Å². The first-order valence-electron chi connectivity index (χ1n) is 8.81. The van der Waals surface area contributed by atoms with E-state index in [-0.39, 0.29) is 18.9 Å². The van der Waals surface area contributed by atoms with Crippen molar-refractivity contribution in [1.82, 2.24) is 25.5 Å². The summed E-state index contributed by atoms with van der Waals surface area (Å²) in [5.74, 6) is 0.233. The zero-order chi connectivity index (χ0) is 20.2. The van der Waals surface area contributed by atoms with Gasteiger partial charge in [0.15, 0.2) is 17.6 Å². The molecule has 0 unspecified atom stereocenters. The maximum Gasteiger partial charge on any atom is 0.341 e. The number of nitrogens with one attached hydrogen (secondary N) is 1. The van der Waals surface area contributed by atoms with Crippen molar-refractivity contribution in [2.24, 2.45) is 0 Å². The van der Waals surface area contributed by atoms with E-state index in [1.807, 2.05) is 6.07 Å². The Balaban J connectivity index is 1.37. The third-order valence-electron chi connectivity index (χ3n) is 4.28. The first kappa shape index (κ1) is 18.4. The van der Waals surface area contributed by atoms with E-state index in [1.54, 1.807) is 36.4 Å². The van der Waals surface area contributed by atoms with Crippen LogP contribution in [0.15, 0.2) is 48.8 Å². The molecule has 10 heteroatoms. The van der Waals surface area contributed by atoms with Gasteiger partial charge in [0.2, 0.25) is 6.79 Å². The van der Waals surface area contributed by atoms with Gasteiger partial charge in [0, 0.05) is 6.54 Å². The van der Waals surface area contributed by atoms with E-state index in [4.69, 9.17) is 14.2 Å². The van der Waals surface area contributed by atoms with Gasteiger partial charge in [0.05, 0.1) is 11.3 Å². The van der Waals surface area contributed by atoms with Crippen molar-refractivity contribution < 1.29 is 23.8 Å². The molecule has 1 amide bonds. The number of benzene rings is 2. The summed E-state index contributed by atoms with van der Waals surface area (Å²) in [6, 6.07) is 12.1. The normalized spacial score (nSPS) is 13.0. The average molecular weight is 395 g/mol. The van der Waals surface area contributed by atoms with Gasteiger partial charge in [-0.3, -0.25) is 4.79 Å². The minimum Gasteiger partial charge on any atom is -0.454 e. The molecule has 0 saturated heterocycles. The molecule has 10 nitrogen and oxygen atoms in total. The Morgan fingerprint density at radius 3 is 2.86 bits per heavy atom. The molecule has 2 heterocycles. The summed E-state index contributed by atoms with van der Waals surface area (Å²) < 4.78 is 17.2. The van der Waals surface area contributed by atoms with Gasteiger partial charge in [-0.25, -0.2) is 4.79 Å². The number of carbonyl (C=O) groups excluding carboxylic acids is 2. The maximum atomic E-state index is 12.6. The van der Waals surface area contributed by atoms with Gasteiger partial charge in [-0.15, -0.1) is 5.10 Å². The molecular weight excluding hydrogens is 378 g/mol. The zero-order valence-corrected chi connectivity index (χ0v) is 15.4. The minimum absolute atomic E-state index is 0.185. The lowest BCUT2D eigenvalue weighted by molar-refractivity contribution is -0.129. The summed E-state index contributed by atoms with van der Waals surface area (Å²) in [6.07, 6.45) is 0.381. The number of ether oxygens (including phenoxy) is 3. The zero-order valence-electron chi connectivity index (χ0n) is 15.4. The van der Waals surface area contributed by atoms with Gasteiger partial charge in [0.25, 0.3) is 5.91 Å². The predicted octanol–water partition coefficient (Wildman–Crippen LogP) is 1.25. The van der Waals surface area contributed by atoms with Crippen LogP contribution >= 0.6 is 0 Å². The van der Waals surface area contributed by atoms with Crippen LogP contribution in [-0.2, 0) is 16.1 Å². The third kappa shape index (κ3) is 4.00. The summed E-state index contributed by atoms with van der Waals surface area (Å²) >= 11 is 0. The van der Waals surface area contributed by atoms with Crippen LogP contribution in [0.4, 0.5) is 0 Å². The first-order valence-corrected chi connectivity index (χ1v) is 8.81. The molecule has 0 fully saturated rings. The molecule has 0 bridgehead atoms. The van der Waals surface area contributed by atoms with E-state index in [1.165, 1.54) is 17.9 Å². The Bertz CT molecular complexity index is 1040. The Morgan fingerprint density at radius 2 is 2.03 bits per heavy atom. The number of amides is 1. The molecule has 2 aromatic carbocycles.